The Morgan fingerprint density at radius 3 is 2.71 bits per heavy atom. The number of amides is 1. The number of rotatable bonds is 6. The molecule has 1 aliphatic heterocycles. The lowest BCUT2D eigenvalue weighted by Gasteiger charge is -2.26. The molecule has 2 N–H and O–H groups in total. The molecule has 0 aliphatic carbocycles. The lowest BCUT2D eigenvalue weighted by Crippen LogP contribution is -2.41. The zero-order valence-corrected chi connectivity index (χ0v) is 16.2. The van der Waals surface area contributed by atoms with Gasteiger partial charge in [-0.2, -0.15) is 0 Å². The second-order valence-electron chi connectivity index (χ2n) is 6.64. The molecule has 1 fully saturated rings. The van der Waals surface area contributed by atoms with Gasteiger partial charge in [0.05, 0.1) is 47.3 Å². The number of ether oxygens (including phenoxy) is 1. The van der Waals surface area contributed by atoms with E-state index in [1.807, 2.05) is 48.5 Å². The Balaban J connectivity index is 1.44. The summed E-state index contributed by atoms with van der Waals surface area (Å²) in [7, 11) is -1.34. The minimum atomic E-state index is -1.34. The molecule has 2 aromatic carbocycles. The number of benzene rings is 2. The van der Waals surface area contributed by atoms with Crippen molar-refractivity contribution in [2.75, 3.05) is 38.2 Å². The number of carbonyl (C=O) groups excluding carboxylic acids is 1. The molecule has 0 bridgehead atoms. The van der Waals surface area contributed by atoms with Gasteiger partial charge in [0.15, 0.2) is 5.16 Å². The number of hydrogen-bond acceptors (Lipinski definition) is 5. The van der Waals surface area contributed by atoms with Gasteiger partial charge < -0.3 is 15.0 Å². The summed E-state index contributed by atoms with van der Waals surface area (Å²) in [6, 6.07) is 15.0. The van der Waals surface area contributed by atoms with Crippen LogP contribution >= 0.6 is 0 Å². The molecule has 7 nitrogen and oxygen atoms in total. The van der Waals surface area contributed by atoms with Gasteiger partial charge in [0, 0.05) is 18.8 Å². The topological polar surface area (TPSA) is 87.3 Å². The quantitative estimate of drug-likeness (QED) is 0.664. The average Bonchev–Trinajstić information content (AvgIpc) is 3.15. The number of hydrogen-bond donors (Lipinski definition) is 2. The van der Waals surface area contributed by atoms with Crippen LogP contribution in [0.15, 0.2) is 53.7 Å². The number of imidazole rings is 1. The van der Waals surface area contributed by atoms with Gasteiger partial charge >= 0.3 is 0 Å². The summed E-state index contributed by atoms with van der Waals surface area (Å²) in [6.45, 7) is 3.14. The molecule has 4 rings (SSSR count). The monoisotopic (exact) mass is 398 g/mol. The van der Waals surface area contributed by atoms with E-state index in [2.05, 4.69) is 20.2 Å². The van der Waals surface area contributed by atoms with Crippen molar-refractivity contribution < 1.29 is 13.7 Å². The van der Waals surface area contributed by atoms with Crippen molar-refractivity contribution >= 4 is 33.4 Å². The number of anilines is 1. The zero-order valence-electron chi connectivity index (χ0n) is 15.4. The summed E-state index contributed by atoms with van der Waals surface area (Å²) >= 11 is 0. The first kappa shape index (κ1) is 18.8. The number of fused-ring (bicyclic) bond motifs is 1. The van der Waals surface area contributed by atoms with Gasteiger partial charge in [0.1, 0.15) is 0 Å². The molecule has 1 unspecified atom stereocenters. The van der Waals surface area contributed by atoms with Gasteiger partial charge in [-0.15, -0.1) is 0 Å². The van der Waals surface area contributed by atoms with Gasteiger partial charge in [-0.25, -0.2) is 4.98 Å². The van der Waals surface area contributed by atoms with Crippen LogP contribution in [0.3, 0.4) is 0 Å². The number of nitrogens with one attached hydrogen (secondary N) is 2. The predicted octanol–water partition coefficient (Wildman–Crippen LogP) is 2.14. The number of aromatic amines is 1. The first-order valence-corrected chi connectivity index (χ1v) is 10.5. The highest BCUT2D eigenvalue weighted by Gasteiger charge is 2.17. The zero-order chi connectivity index (χ0) is 19.3. The normalized spacial score (nSPS) is 16.1. The Hall–Kier alpha value is -2.55. The Labute approximate surface area is 165 Å². The third kappa shape index (κ3) is 4.46. The number of nitrogens with zero attached hydrogens (tertiary/aromatic N) is 2. The third-order valence-electron chi connectivity index (χ3n) is 4.63. The van der Waals surface area contributed by atoms with Crippen LogP contribution in [0.4, 0.5) is 5.69 Å². The van der Waals surface area contributed by atoms with Gasteiger partial charge in [-0.3, -0.25) is 13.9 Å². The summed E-state index contributed by atoms with van der Waals surface area (Å²) < 4.78 is 18.1. The molecule has 3 aromatic rings. The van der Waals surface area contributed by atoms with Crippen molar-refractivity contribution in [1.82, 2.24) is 14.9 Å². The van der Waals surface area contributed by atoms with E-state index in [1.54, 1.807) is 0 Å². The molecular formula is C20H22N4O3S. The molecule has 2 heterocycles. The molecule has 1 aliphatic rings. The van der Waals surface area contributed by atoms with E-state index in [9.17, 15) is 9.00 Å². The second kappa shape index (κ2) is 8.64. The molecule has 0 saturated carbocycles. The van der Waals surface area contributed by atoms with E-state index in [-0.39, 0.29) is 11.7 Å². The van der Waals surface area contributed by atoms with E-state index < -0.39 is 10.8 Å². The van der Waals surface area contributed by atoms with Gasteiger partial charge in [0.2, 0.25) is 5.91 Å². The van der Waals surface area contributed by atoms with Gasteiger partial charge in [0.25, 0.3) is 0 Å². The minimum absolute atomic E-state index is 0.0798. The van der Waals surface area contributed by atoms with Gasteiger partial charge in [-0.1, -0.05) is 30.3 Å². The van der Waals surface area contributed by atoms with Crippen molar-refractivity contribution in [2.24, 2.45) is 0 Å². The van der Waals surface area contributed by atoms with Crippen LogP contribution in [0.25, 0.3) is 11.0 Å². The van der Waals surface area contributed by atoms with E-state index >= 15 is 0 Å². The first-order chi connectivity index (χ1) is 13.7. The molecule has 0 spiro atoms. The van der Waals surface area contributed by atoms with Crippen molar-refractivity contribution in [3.05, 3.63) is 54.1 Å². The van der Waals surface area contributed by atoms with Gasteiger partial charge in [-0.05, 0) is 23.8 Å². The molecule has 0 radical (unpaired) electrons. The third-order valence-corrected chi connectivity index (χ3v) is 5.83. The minimum Gasteiger partial charge on any atom is -0.379 e. The van der Waals surface area contributed by atoms with E-state index in [1.165, 1.54) is 0 Å². The SMILES string of the molecule is O=C(CN1CCOCC1)Nc1ccccc1CS(=O)c1nc2ccccc2[nH]1. The Bertz CT molecular complexity index is 965. The fraction of sp³-hybridized carbons (Fsp3) is 0.300. The van der Waals surface area contributed by atoms with Crippen LogP contribution in [0.5, 0.6) is 0 Å². The maximum atomic E-state index is 12.8. The fourth-order valence-corrected chi connectivity index (χ4v) is 4.26. The number of morpholine rings is 1. The number of para-hydroxylation sites is 3. The van der Waals surface area contributed by atoms with Crippen LogP contribution < -0.4 is 5.32 Å². The molecule has 1 atom stereocenters. The Kier molecular flexibility index (Phi) is 5.80. The molecule has 1 amide bonds. The highest BCUT2D eigenvalue weighted by atomic mass is 32.2. The lowest BCUT2D eigenvalue weighted by atomic mass is 10.2. The Morgan fingerprint density at radius 1 is 1.14 bits per heavy atom. The standard InChI is InChI=1S/C20H22N4O3S/c25-19(13-24-9-11-27-12-10-24)21-16-6-2-1-5-15(16)14-28(26)20-22-17-7-3-4-8-18(17)23-20/h1-8H,9-14H2,(H,21,25)(H,22,23). The molecule has 1 aromatic heterocycles. The summed E-state index contributed by atoms with van der Waals surface area (Å²) in [5.74, 6) is 0.192. The van der Waals surface area contributed by atoms with Crippen molar-refractivity contribution in [2.45, 2.75) is 10.9 Å². The summed E-state index contributed by atoms with van der Waals surface area (Å²) in [4.78, 5) is 22.0. The molecule has 1 saturated heterocycles. The van der Waals surface area contributed by atoms with Crippen molar-refractivity contribution in [1.29, 1.82) is 0 Å². The molecular weight excluding hydrogens is 376 g/mol. The first-order valence-electron chi connectivity index (χ1n) is 9.20. The average molecular weight is 398 g/mol. The summed E-state index contributed by atoms with van der Waals surface area (Å²) in [6.07, 6.45) is 0. The van der Waals surface area contributed by atoms with Crippen LogP contribution in [-0.2, 0) is 26.1 Å². The van der Waals surface area contributed by atoms with Crippen LogP contribution in [0, 0.1) is 0 Å². The highest BCUT2D eigenvalue weighted by molar-refractivity contribution is 7.84. The maximum absolute atomic E-state index is 12.8. The molecule has 146 valence electrons. The number of H-pyrrole nitrogens is 1. The lowest BCUT2D eigenvalue weighted by molar-refractivity contribution is -0.118. The fourth-order valence-electron chi connectivity index (χ4n) is 3.17. The van der Waals surface area contributed by atoms with E-state index in [0.29, 0.717) is 30.6 Å². The van der Waals surface area contributed by atoms with Crippen LogP contribution in [0.1, 0.15) is 5.56 Å². The largest absolute Gasteiger partial charge is 0.379 e. The van der Waals surface area contributed by atoms with Crippen molar-refractivity contribution in [3.63, 3.8) is 0 Å². The van der Waals surface area contributed by atoms with Crippen LogP contribution in [0.2, 0.25) is 0 Å². The summed E-state index contributed by atoms with van der Waals surface area (Å²) in [5, 5.41) is 3.40. The Morgan fingerprint density at radius 2 is 1.89 bits per heavy atom. The second-order valence-corrected chi connectivity index (χ2v) is 8.01. The number of carbonyl (C=O) groups is 1. The van der Waals surface area contributed by atoms with E-state index in [0.717, 1.165) is 29.7 Å². The van der Waals surface area contributed by atoms with E-state index in [4.69, 9.17) is 4.74 Å². The highest BCUT2D eigenvalue weighted by Crippen LogP contribution is 2.20. The summed E-state index contributed by atoms with van der Waals surface area (Å²) in [5.41, 5.74) is 3.15. The maximum Gasteiger partial charge on any atom is 0.238 e. The molecule has 8 heteroatoms. The van der Waals surface area contributed by atoms with Crippen molar-refractivity contribution in [3.8, 4) is 0 Å². The smallest absolute Gasteiger partial charge is 0.238 e. The van der Waals surface area contributed by atoms with Crippen LogP contribution in [-0.4, -0.2) is 57.8 Å². The predicted molar refractivity (Wildman–Crippen MR) is 109 cm³/mol. The number of aromatic nitrogens is 2. The molecule has 28 heavy (non-hydrogen) atoms.